The first-order valence-electron chi connectivity index (χ1n) is 48.6. The van der Waals surface area contributed by atoms with Crippen LogP contribution in [0, 0.1) is 0 Å². The van der Waals surface area contributed by atoms with Crippen molar-refractivity contribution in [3.05, 3.63) is 24.7 Å². The van der Waals surface area contributed by atoms with E-state index in [1.807, 2.05) is 12.2 Å². The van der Waals surface area contributed by atoms with Crippen LogP contribution in [0.3, 0.4) is 0 Å². The average molecular weight is 1690 g/mol. The molecule has 0 aliphatic heterocycles. The number of rotatable bonds is 95. The van der Waals surface area contributed by atoms with E-state index in [9.17, 15) is 33.3 Å². The number of esters is 3. The molecule has 0 rings (SSSR count). The van der Waals surface area contributed by atoms with Crippen LogP contribution in [0.15, 0.2) is 24.7 Å². The standard InChI is InChI=1S/C95H184O16P2.2Na/c1-6-11-16-21-26-31-36-41-46-49-54-59-64-69-74-79-93(96)109-90(84-103-82-77-72-67-62-57-52-44-39-34-29-24-19-14-9-4)86-105-112(99,100)107-88-92(111-95(98)81-76-71-66-61-56-51-48-43-38-33-28-23-18-13-8-3)89-108-113(101,102)106-87-91(85-104-83-78-73-68-63-58-53-45-40-35-30-25-20-15-10-5)110-94(97)80-75-70-65-60-55-50-47-42-37-32-27-22-17-12-7-2;;/h77-78,82-83,90-92H,6-76,79-81,84-89H2,1-5H3,(H,99,100)(H,101,102);;/q;2*+1/p-2/b82-77-,83-78-;;/t90-,91-;;/m1../s1. The fourth-order valence-electron chi connectivity index (χ4n) is 14.6. The number of hydrogen-bond acceptors (Lipinski definition) is 16. The Balaban J connectivity index is -0.0000627. The molecule has 0 aromatic rings. The quantitative estimate of drug-likeness (QED) is 0.0138. The van der Waals surface area contributed by atoms with E-state index in [0.29, 0.717) is 19.3 Å². The molecule has 0 aromatic heterocycles. The number of carbonyl (C=O) groups is 3. The Morgan fingerprint density at radius 1 is 0.235 bits per heavy atom. The van der Waals surface area contributed by atoms with E-state index < -0.39 is 78.3 Å². The number of unbranched alkanes of at least 4 members (excludes halogenated alkanes) is 66. The second-order valence-corrected chi connectivity index (χ2v) is 36.1. The molecule has 0 saturated carbocycles. The van der Waals surface area contributed by atoms with Gasteiger partial charge < -0.3 is 51.6 Å². The third-order valence-corrected chi connectivity index (χ3v) is 23.8. The molecule has 0 N–H and O–H groups in total. The van der Waals surface area contributed by atoms with E-state index >= 15 is 0 Å². The van der Waals surface area contributed by atoms with Gasteiger partial charge in [-0.25, -0.2) is 0 Å². The van der Waals surface area contributed by atoms with Gasteiger partial charge in [-0.1, -0.05) is 446 Å². The number of allylic oxidation sites excluding steroid dienone is 2. The van der Waals surface area contributed by atoms with Crippen LogP contribution >= 0.6 is 15.6 Å². The summed E-state index contributed by atoms with van der Waals surface area (Å²) in [6, 6.07) is 0. The SMILES string of the molecule is CCCCCCCCCCCCCC/C=C\OC[C@H](COP(=O)([O-])OCC(COP(=O)([O-])OC[C@@H](CO/C=C\CCCCCCCCCCCCCC)OC(=O)CCCCCCCCCCCCCCCCC)OC(=O)CCCCCCCCCCCCCCCCC)OC(=O)CCCCCCCCCCCCCCCCC.[Na+].[Na+]. The average Bonchev–Trinajstić information content (AvgIpc) is 0.890. The summed E-state index contributed by atoms with van der Waals surface area (Å²) in [5, 5.41) is 0. The van der Waals surface area contributed by atoms with E-state index in [2.05, 4.69) is 34.6 Å². The van der Waals surface area contributed by atoms with E-state index in [1.54, 1.807) is 12.5 Å². The number of phosphoric ester groups is 2. The molecular formula is C95H182Na2O16P2. The van der Waals surface area contributed by atoms with Gasteiger partial charge >= 0.3 is 77.0 Å². The Bertz CT molecular complexity index is 2040. The molecule has 0 spiro atoms. The summed E-state index contributed by atoms with van der Waals surface area (Å²) >= 11 is 0. The van der Waals surface area contributed by atoms with Gasteiger partial charge in [-0.05, 0) is 57.1 Å². The molecule has 0 aliphatic carbocycles. The third-order valence-electron chi connectivity index (χ3n) is 21.9. The molecule has 0 heterocycles. The number of phosphoric acid groups is 2. The Morgan fingerprint density at radius 2 is 0.383 bits per heavy atom. The Hall–Kier alpha value is -0.290. The van der Waals surface area contributed by atoms with Crippen LogP contribution in [0.5, 0.6) is 0 Å². The van der Waals surface area contributed by atoms with Crippen molar-refractivity contribution in [3.8, 4) is 0 Å². The van der Waals surface area contributed by atoms with Crippen LogP contribution < -0.4 is 68.9 Å². The first-order chi connectivity index (χ1) is 55.3. The van der Waals surface area contributed by atoms with E-state index in [1.165, 1.54) is 334 Å². The van der Waals surface area contributed by atoms with Crippen molar-refractivity contribution >= 4 is 33.6 Å². The molecule has 16 nitrogen and oxygen atoms in total. The van der Waals surface area contributed by atoms with Crippen molar-refractivity contribution in [1.82, 2.24) is 0 Å². The smallest absolute Gasteiger partial charge is 0.756 e. The maximum atomic E-state index is 13.6. The van der Waals surface area contributed by atoms with Crippen molar-refractivity contribution in [2.24, 2.45) is 0 Å². The van der Waals surface area contributed by atoms with E-state index in [0.717, 1.165) is 103 Å². The second kappa shape index (κ2) is 95.9. The van der Waals surface area contributed by atoms with Gasteiger partial charge in [-0.15, -0.1) is 0 Å². The fourth-order valence-corrected chi connectivity index (χ4v) is 16.1. The molecular weight excluding hydrogens is 1500 g/mol. The minimum absolute atomic E-state index is 0. The summed E-state index contributed by atoms with van der Waals surface area (Å²) in [4.78, 5) is 67.3. The minimum atomic E-state index is -5.24. The van der Waals surface area contributed by atoms with Gasteiger partial charge in [0.1, 0.15) is 19.3 Å². The normalized spacial score (nSPS) is 13.5. The van der Waals surface area contributed by atoms with Crippen molar-refractivity contribution in [1.29, 1.82) is 0 Å². The summed E-state index contributed by atoms with van der Waals surface area (Å²) < 4.78 is 77.5. The van der Waals surface area contributed by atoms with Gasteiger partial charge in [0.25, 0.3) is 15.6 Å². The van der Waals surface area contributed by atoms with Gasteiger partial charge in [0.2, 0.25) is 0 Å². The van der Waals surface area contributed by atoms with Gasteiger partial charge in [0.05, 0.1) is 39.0 Å². The zero-order valence-electron chi connectivity index (χ0n) is 76.5. The largest absolute Gasteiger partial charge is 1.00 e. The number of hydrogen-bond donors (Lipinski definition) is 0. The van der Waals surface area contributed by atoms with Crippen molar-refractivity contribution in [2.75, 3.05) is 39.6 Å². The maximum absolute atomic E-state index is 13.6. The van der Waals surface area contributed by atoms with Crippen molar-refractivity contribution < 1.29 is 134 Å². The monoisotopic (exact) mass is 1690 g/mol. The van der Waals surface area contributed by atoms with Crippen LogP contribution in [-0.2, 0) is 65.3 Å². The first kappa shape index (κ1) is 119. The fraction of sp³-hybridized carbons (Fsp3) is 0.926. The summed E-state index contributed by atoms with van der Waals surface area (Å²) in [6.07, 6.45) is 88.5. The molecule has 0 radical (unpaired) electrons. The predicted molar refractivity (Wildman–Crippen MR) is 469 cm³/mol. The molecule has 2 unspecified atom stereocenters. The molecule has 0 bridgehead atoms. The molecule has 0 aromatic carbocycles. The Morgan fingerprint density at radius 3 is 0.557 bits per heavy atom. The predicted octanol–water partition coefficient (Wildman–Crippen LogP) is 23.8. The van der Waals surface area contributed by atoms with E-state index in [4.69, 9.17) is 41.8 Å². The molecule has 0 aliphatic rings. The maximum Gasteiger partial charge on any atom is 1.00 e. The third kappa shape index (κ3) is 94.2. The van der Waals surface area contributed by atoms with Crippen molar-refractivity contribution in [3.63, 3.8) is 0 Å². The van der Waals surface area contributed by atoms with Gasteiger partial charge in [-0.2, -0.15) is 0 Å². The first-order valence-corrected chi connectivity index (χ1v) is 51.5. The molecule has 0 saturated heterocycles. The minimum Gasteiger partial charge on any atom is -0.756 e. The summed E-state index contributed by atoms with van der Waals surface area (Å²) in [5.41, 5.74) is 0. The Labute approximate surface area is 754 Å². The topological polar surface area (TPSA) is 215 Å². The van der Waals surface area contributed by atoms with Crippen LogP contribution in [-0.4, -0.2) is 75.9 Å². The van der Waals surface area contributed by atoms with Crippen molar-refractivity contribution in [2.45, 2.75) is 528 Å². The summed E-state index contributed by atoms with van der Waals surface area (Å²) in [5.74, 6) is -1.67. The van der Waals surface area contributed by atoms with Gasteiger partial charge in [-0.3, -0.25) is 23.5 Å². The molecule has 4 atom stereocenters. The summed E-state index contributed by atoms with van der Waals surface area (Å²) in [7, 11) is -10.5. The van der Waals surface area contributed by atoms with Gasteiger partial charge in [0.15, 0.2) is 12.2 Å². The van der Waals surface area contributed by atoms with Gasteiger partial charge in [0, 0.05) is 19.3 Å². The number of ether oxygens (including phenoxy) is 5. The van der Waals surface area contributed by atoms with Crippen LogP contribution in [0.2, 0.25) is 0 Å². The molecule has 670 valence electrons. The van der Waals surface area contributed by atoms with Crippen LogP contribution in [0.1, 0.15) is 510 Å². The molecule has 20 heteroatoms. The molecule has 0 amide bonds. The second-order valence-electron chi connectivity index (χ2n) is 33.3. The van der Waals surface area contributed by atoms with E-state index in [-0.39, 0.29) is 91.6 Å². The number of carbonyl (C=O) groups excluding carboxylic acids is 3. The zero-order chi connectivity index (χ0) is 82.2. The molecule has 0 fully saturated rings. The molecule has 115 heavy (non-hydrogen) atoms. The van der Waals surface area contributed by atoms with Crippen LogP contribution in [0.4, 0.5) is 0 Å². The Kier molecular flexibility index (Phi) is 99.1. The zero-order valence-corrected chi connectivity index (χ0v) is 82.3. The van der Waals surface area contributed by atoms with Crippen LogP contribution in [0.25, 0.3) is 0 Å². The summed E-state index contributed by atoms with van der Waals surface area (Å²) in [6.45, 7) is 7.97.